The Labute approximate surface area is 122 Å². The van der Waals surface area contributed by atoms with Gasteiger partial charge in [0.2, 0.25) is 0 Å². The second-order valence-corrected chi connectivity index (χ2v) is 6.54. The van der Waals surface area contributed by atoms with E-state index in [9.17, 15) is 8.42 Å². The molecule has 21 heavy (non-hydrogen) atoms. The summed E-state index contributed by atoms with van der Waals surface area (Å²) in [7, 11) is -3.67. The van der Waals surface area contributed by atoms with E-state index in [0.29, 0.717) is 16.8 Å². The summed E-state index contributed by atoms with van der Waals surface area (Å²) in [5.41, 5.74) is 3.43. The normalized spacial score (nSPS) is 11.7. The van der Waals surface area contributed by atoms with Crippen molar-refractivity contribution in [2.45, 2.75) is 18.7 Å². The fourth-order valence-corrected chi connectivity index (χ4v) is 3.39. The molecule has 108 valence electrons. The van der Waals surface area contributed by atoms with E-state index in [1.165, 1.54) is 18.5 Å². The van der Waals surface area contributed by atoms with Crippen LogP contribution in [0.3, 0.4) is 0 Å². The SMILES string of the molecule is Cc1cccc(C)c1NS(=O)(=O)c1ccc2ncoc2c1. The van der Waals surface area contributed by atoms with E-state index in [-0.39, 0.29) is 4.90 Å². The molecule has 0 aliphatic rings. The fourth-order valence-electron chi connectivity index (χ4n) is 2.17. The van der Waals surface area contributed by atoms with E-state index < -0.39 is 10.0 Å². The number of anilines is 1. The van der Waals surface area contributed by atoms with Gasteiger partial charge in [0.25, 0.3) is 10.0 Å². The monoisotopic (exact) mass is 302 g/mol. The van der Waals surface area contributed by atoms with Crippen molar-refractivity contribution in [2.24, 2.45) is 0 Å². The van der Waals surface area contributed by atoms with Crippen molar-refractivity contribution < 1.29 is 12.8 Å². The summed E-state index contributed by atoms with van der Waals surface area (Å²) in [5, 5.41) is 0. The molecule has 0 unspecified atom stereocenters. The van der Waals surface area contributed by atoms with Gasteiger partial charge in [0.1, 0.15) is 5.52 Å². The number of aryl methyl sites for hydroxylation is 2. The maximum absolute atomic E-state index is 12.5. The molecule has 0 fully saturated rings. The Kier molecular flexibility index (Phi) is 3.17. The third kappa shape index (κ3) is 2.50. The summed E-state index contributed by atoms with van der Waals surface area (Å²) in [4.78, 5) is 4.12. The second-order valence-electron chi connectivity index (χ2n) is 4.85. The van der Waals surface area contributed by atoms with Crippen LogP contribution >= 0.6 is 0 Å². The van der Waals surface area contributed by atoms with Gasteiger partial charge in [0, 0.05) is 6.07 Å². The first-order valence-corrected chi connectivity index (χ1v) is 7.88. The van der Waals surface area contributed by atoms with Gasteiger partial charge in [0.15, 0.2) is 12.0 Å². The molecule has 0 aliphatic carbocycles. The van der Waals surface area contributed by atoms with Gasteiger partial charge in [-0.25, -0.2) is 13.4 Å². The van der Waals surface area contributed by atoms with Gasteiger partial charge in [0.05, 0.1) is 10.6 Å². The average molecular weight is 302 g/mol. The van der Waals surface area contributed by atoms with E-state index in [1.807, 2.05) is 32.0 Å². The highest BCUT2D eigenvalue weighted by Gasteiger charge is 2.17. The summed E-state index contributed by atoms with van der Waals surface area (Å²) in [6.45, 7) is 3.73. The van der Waals surface area contributed by atoms with Crippen molar-refractivity contribution in [1.29, 1.82) is 0 Å². The van der Waals surface area contributed by atoms with Crippen molar-refractivity contribution in [1.82, 2.24) is 4.98 Å². The number of fused-ring (bicyclic) bond motifs is 1. The summed E-state index contributed by atoms with van der Waals surface area (Å²) in [6.07, 6.45) is 1.29. The maximum atomic E-state index is 12.5. The lowest BCUT2D eigenvalue weighted by atomic mass is 10.1. The molecule has 0 saturated carbocycles. The number of sulfonamides is 1. The van der Waals surface area contributed by atoms with E-state index in [1.54, 1.807) is 6.07 Å². The summed E-state index contributed by atoms with van der Waals surface area (Å²) >= 11 is 0. The molecule has 6 heteroatoms. The highest BCUT2D eigenvalue weighted by Crippen LogP contribution is 2.25. The smallest absolute Gasteiger partial charge is 0.262 e. The van der Waals surface area contributed by atoms with Crippen molar-refractivity contribution in [3.05, 3.63) is 53.9 Å². The molecule has 2 aromatic carbocycles. The number of hydrogen-bond acceptors (Lipinski definition) is 4. The number of nitrogens with one attached hydrogen (secondary N) is 1. The van der Waals surface area contributed by atoms with Crippen LogP contribution in [0, 0.1) is 13.8 Å². The largest absolute Gasteiger partial charge is 0.443 e. The third-order valence-corrected chi connectivity index (χ3v) is 4.68. The third-order valence-electron chi connectivity index (χ3n) is 3.33. The number of para-hydroxylation sites is 1. The molecular formula is C15H14N2O3S. The van der Waals surface area contributed by atoms with Crippen LogP contribution in [0.1, 0.15) is 11.1 Å². The van der Waals surface area contributed by atoms with E-state index in [2.05, 4.69) is 9.71 Å². The Morgan fingerprint density at radius 1 is 1.10 bits per heavy atom. The lowest BCUT2D eigenvalue weighted by Crippen LogP contribution is -2.14. The van der Waals surface area contributed by atoms with Crippen LogP contribution in [0.25, 0.3) is 11.1 Å². The van der Waals surface area contributed by atoms with Crippen LogP contribution < -0.4 is 4.72 Å². The molecule has 1 heterocycles. The van der Waals surface area contributed by atoms with Crippen LogP contribution in [0.4, 0.5) is 5.69 Å². The van der Waals surface area contributed by atoms with Gasteiger partial charge in [-0.3, -0.25) is 4.72 Å². The highest BCUT2D eigenvalue weighted by atomic mass is 32.2. The van der Waals surface area contributed by atoms with Gasteiger partial charge in [-0.05, 0) is 37.1 Å². The van der Waals surface area contributed by atoms with Crippen LogP contribution in [-0.4, -0.2) is 13.4 Å². The first-order valence-electron chi connectivity index (χ1n) is 6.40. The Balaban J connectivity index is 2.04. The lowest BCUT2D eigenvalue weighted by molar-refractivity contribution is 0.594. The van der Waals surface area contributed by atoms with Crippen molar-refractivity contribution >= 4 is 26.8 Å². The number of benzene rings is 2. The minimum atomic E-state index is -3.67. The predicted octanol–water partition coefficient (Wildman–Crippen LogP) is 3.25. The molecule has 1 aromatic heterocycles. The Bertz CT molecular complexity index is 893. The van der Waals surface area contributed by atoms with E-state index in [4.69, 9.17) is 4.42 Å². The Morgan fingerprint density at radius 2 is 1.81 bits per heavy atom. The predicted molar refractivity (Wildman–Crippen MR) is 80.7 cm³/mol. The molecule has 0 saturated heterocycles. The molecule has 0 atom stereocenters. The van der Waals surface area contributed by atoms with E-state index >= 15 is 0 Å². The lowest BCUT2D eigenvalue weighted by Gasteiger charge is -2.13. The Hall–Kier alpha value is -2.34. The zero-order valence-corrected chi connectivity index (χ0v) is 12.4. The minimum absolute atomic E-state index is 0.148. The molecule has 5 nitrogen and oxygen atoms in total. The topological polar surface area (TPSA) is 72.2 Å². The molecule has 3 aromatic rings. The standard InChI is InChI=1S/C15H14N2O3S/c1-10-4-3-5-11(2)15(10)17-21(18,19)12-6-7-13-14(8-12)20-9-16-13/h3-9,17H,1-2H3. The maximum Gasteiger partial charge on any atom is 0.262 e. The average Bonchev–Trinajstić information content (AvgIpc) is 2.90. The molecule has 0 spiro atoms. The molecular weight excluding hydrogens is 288 g/mol. The Morgan fingerprint density at radius 3 is 2.52 bits per heavy atom. The molecule has 0 bridgehead atoms. The number of oxazole rings is 1. The quantitative estimate of drug-likeness (QED) is 0.806. The molecule has 1 N–H and O–H groups in total. The van der Waals surface area contributed by atoms with Crippen molar-refractivity contribution in [3.63, 3.8) is 0 Å². The zero-order valence-electron chi connectivity index (χ0n) is 11.6. The highest BCUT2D eigenvalue weighted by molar-refractivity contribution is 7.92. The first-order chi connectivity index (χ1) is 9.97. The first kappa shape index (κ1) is 13.6. The summed E-state index contributed by atoms with van der Waals surface area (Å²) in [6, 6.07) is 10.2. The number of hydrogen-bond donors (Lipinski definition) is 1. The summed E-state index contributed by atoms with van der Waals surface area (Å²) in [5.74, 6) is 0. The second kappa shape index (κ2) is 4.89. The van der Waals surface area contributed by atoms with E-state index in [0.717, 1.165) is 11.1 Å². The summed E-state index contributed by atoms with van der Waals surface area (Å²) < 4.78 is 32.8. The minimum Gasteiger partial charge on any atom is -0.443 e. The molecule has 0 radical (unpaired) electrons. The van der Waals surface area contributed by atoms with Gasteiger partial charge < -0.3 is 4.42 Å². The van der Waals surface area contributed by atoms with Crippen LogP contribution in [-0.2, 0) is 10.0 Å². The molecule has 3 rings (SSSR count). The zero-order chi connectivity index (χ0) is 15.0. The number of nitrogens with zero attached hydrogens (tertiary/aromatic N) is 1. The van der Waals surface area contributed by atoms with Crippen LogP contribution in [0.2, 0.25) is 0 Å². The van der Waals surface area contributed by atoms with Gasteiger partial charge >= 0.3 is 0 Å². The van der Waals surface area contributed by atoms with Crippen molar-refractivity contribution in [3.8, 4) is 0 Å². The van der Waals surface area contributed by atoms with Crippen LogP contribution in [0.5, 0.6) is 0 Å². The number of rotatable bonds is 3. The molecule has 0 aliphatic heterocycles. The van der Waals surface area contributed by atoms with Crippen molar-refractivity contribution in [2.75, 3.05) is 4.72 Å². The number of aromatic nitrogens is 1. The van der Waals surface area contributed by atoms with Crippen LogP contribution in [0.15, 0.2) is 52.1 Å². The van der Waals surface area contributed by atoms with Gasteiger partial charge in [-0.2, -0.15) is 0 Å². The molecule has 0 amide bonds. The van der Waals surface area contributed by atoms with Gasteiger partial charge in [-0.1, -0.05) is 18.2 Å². The van der Waals surface area contributed by atoms with Gasteiger partial charge in [-0.15, -0.1) is 0 Å². The fraction of sp³-hybridized carbons (Fsp3) is 0.133.